The molecule has 0 fully saturated rings. The van der Waals surface area contributed by atoms with Crippen molar-refractivity contribution in [2.45, 2.75) is 91.7 Å². The average Bonchev–Trinajstić information content (AvgIpc) is 3.59. The van der Waals surface area contributed by atoms with Crippen molar-refractivity contribution >= 4 is 127 Å². The van der Waals surface area contributed by atoms with Crippen molar-refractivity contribution in [3.05, 3.63) is 243 Å². The van der Waals surface area contributed by atoms with Gasteiger partial charge in [-0.3, -0.25) is 0 Å². The van der Waals surface area contributed by atoms with Crippen LogP contribution in [0.2, 0.25) is 91.7 Å². The zero-order chi connectivity index (χ0) is 58.3. The van der Waals surface area contributed by atoms with Crippen LogP contribution in [0.15, 0.2) is 243 Å². The molecule has 0 aromatic heterocycles. The van der Waals surface area contributed by atoms with E-state index in [0.29, 0.717) is 0 Å². The first-order valence-electron chi connectivity index (χ1n) is 28.0. The van der Waals surface area contributed by atoms with E-state index in [1.54, 1.807) is 0 Å². The van der Waals surface area contributed by atoms with Crippen molar-refractivity contribution in [2.75, 3.05) is 0 Å². The SMILES string of the molecule is C[Si](C)(C)O[Si](C)(C)O[Si](C)(C)O[Si](C)(C)O[Si](C)(C)O[Si](O[Si](O[Si](O[Si](O[Si](C)(C)C)(c1ccccc1)c1ccccc1)(c1ccccc1)c1ccccc1)(c1ccccc1)c1ccccc1)(c1ccccc1)c1ccccc1. The molecule has 8 aromatic rings. The summed E-state index contributed by atoms with van der Waals surface area (Å²) in [5.41, 5.74) is 0. The molecule has 8 aromatic carbocycles. The second-order valence-corrected chi connectivity index (χ2v) is 60.7. The van der Waals surface area contributed by atoms with Crippen molar-refractivity contribution in [1.29, 1.82) is 0 Å². The summed E-state index contributed by atoms with van der Waals surface area (Å²) in [6, 6.07) is 84.3. The van der Waals surface area contributed by atoms with Crippen molar-refractivity contribution < 1.29 is 37.0 Å². The monoisotopic (exact) mass is 1250 g/mol. The molecular formula is C62H82O9Si10. The van der Waals surface area contributed by atoms with Crippen LogP contribution >= 0.6 is 0 Å². The maximum absolute atomic E-state index is 8.94. The van der Waals surface area contributed by atoms with Gasteiger partial charge in [-0.05, 0) is 133 Å². The van der Waals surface area contributed by atoms with Crippen molar-refractivity contribution in [3.8, 4) is 0 Å². The van der Waals surface area contributed by atoms with Gasteiger partial charge in [0.05, 0.1) is 0 Å². The third-order valence-electron chi connectivity index (χ3n) is 13.0. The van der Waals surface area contributed by atoms with Crippen molar-refractivity contribution in [2.24, 2.45) is 0 Å². The van der Waals surface area contributed by atoms with Crippen molar-refractivity contribution in [3.63, 3.8) is 0 Å². The largest absolute Gasteiger partial charge is 0.437 e. The van der Waals surface area contributed by atoms with E-state index < -0.39 is 85.1 Å². The smallest absolute Gasteiger partial charge is 0.390 e. The van der Waals surface area contributed by atoms with Crippen molar-refractivity contribution in [1.82, 2.24) is 0 Å². The molecule has 0 radical (unpaired) electrons. The summed E-state index contributed by atoms with van der Waals surface area (Å²) in [7, 11) is -33.0. The Bertz CT molecular complexity index is 3060. The molecule has 8 rings (SSSR count). The molecule has 0 saturated carbocycles. The van der Waals surface area contributed by atoms with Crippen LogP contribution in [0, 0.1) is 0 Å². The van der Waals surface area contributed by atoms with Gasteiger partial charge in [0.1, 0.15) is 0 Å². The quantitative estimate of drug-likeness (QED) is 0.0493. The van der Waals surface area contributed by atoms with Gasteiger partial charge in [0.15, 0.2) is 16.6 Å². The lowest BCUT2D eigenvalue weighted by molar-refractivity contribution is 0.268. The molecule has 0 bridgehead atoms. The van der Waals surface area contributed by atoms with E-state index in [0.717, 1.165) is 41.5 Å². The third kappa shape index (κ3) is 15.7. The van der Waals surface area contributed by atoms with E-state index in [2.05, 4.69) is 322 Å². The molecule has 0 amide bonds. The summed E-state index contributed by atoms with van der Waals surface area (Å²) in [6.07, 6.45) is 0. The maximum atomic E-state index is 8.94. The Hall–Kier alpha value is -4.43. The minimum Gasteiger partial charge on any atom is -0.437 e. The number of hydrogen-bond acceptors (Lipinski definition) is 9. The summed E-state index contributed by atoms with van der Waals surface area (Å²) >= 11 is 0. The fraction of sp³-hybridized carbons (Fsp3) is 0.226. The first-order valence-corrected chi connectivity index (χ1v) is 53.3. The van der Waals surface area contributed by atoms with Crippen LogP contribution in [-0.2, 0) is 37.0 Å². The second-order valence-electron chi connectivity index (χ2n) is 24.1. The van der Waals surface area contributed by atoms with Crippen LogP contribution in [0.5, 0.6) is 0 Å². The molecule has 0 aliphatic rings. The average molecular weight is 1250 g/mol. The molecule has 0 aliphatic heterocycles. The van der Waals surface area contributed by atoms with E-state index in [1.165, 1.54) is 0 Å². The Labute approximate surface area is 494 Å². The molecule has 0 atom stereocenters. The maximum Gasteiger partial charge on any atom is 0.390 e. The summed E-state index contributed by atoms with van der Waals surface area (Å²) in [5, 5.41) is 7.31. The highest BCUT2D eigenvalue weighted by Gasteiger charge is 2.64. The molecule has 81 heavy (non-hydrogen) atoms. The minimum atomic E-state index is -4.37. The van der Waals surface area contributed by atoms with Crippen LogP contribution in [-0.4, -0.2) is 85.1 Å². The molecule has 0 aliphatic carbocycles. The minimum absolute atomic E-state index is 0.879. The molecule has 0 N–H and O–H groups in total. The van der Waals surface area contributed by atoms with E-state index in [4.69, 9.17) is 37.0 Å². The highest BCUT2D eigenvalue weighted by Crippen LogP contribution is 2.32. The summed E-state index contributed by atoms with van der Waals surface area (Å²) in [4.78, 5) is 0. The molecule has 0 unspecified atom stereocenters. The number of rotatable bonds is 26. The third-order valence-corrected chi connectivity index (χ3v) is 51.5. The van der Waals surface area contributed by atoms with Gasteiger partial charge in [-0.15, -0.1) is 0 Å². The van der Waals surface area contributed by atoms with Gasteiger partial charge in [0, 0.05) is 0 Å². The van der Waals surface area contributed by atoms with Gasteiger partial charge in [-0.25, -0.2) is 0 Å². The summed E-state index contributed by atoms with van der Waals surface area (Å²) in [6.45, 7) is 30.3. The normalized spacial score (nSPS) is 13.5. The van der Waals surface area contributed by atoms with Crippen LogP contribution in [0.4, 0.5) is 0 Å². The highest BCUT2D eigenvalue weighted by molar-refractivity contribution is 7.13. The lowest BCUT2D eigenvalue weighted by atomic mass is 10.4. The zero-order valence-electron chi connectivity index (χ0n) is 49.8. The first-order chi connectivity index (χ1) is 38.2. The predicted octanol–water partition coefficient (Wildman–Crippen LogP) is 10.6. The van der Waals surface area contributed by atoms with Gasteiger partial charge >= 0.3 is 68.5 Å². The fourth-order valence-corrected chi connectivity index (χ4v) is 60.4. The topological polar surface area (TPSA) is 83.1 Å². The predicted molar refractivity (Wildman–Crippen MR) is 358 cm³/mol. The van der Waals surface area contributed by atoms with Crippen LogP contribution in [0.1, 0.15) is 0 Å². The van der Waals surface area contributed by atoms with Gasteiger partial charge in [0.2, 0.25) is 0 Å². The molecule has 0 spiro atoms. The molecular weight excluding hydrogens is 1170 g/mol. The van der Waals surface area contributed by atoms with Gasteiger partial charge in [-0.1, -0.05) is 243 Å². The van der Waals surface area contributed by atoms with E-state index in [1.807, 2.05) is 12.1 Å². The van der Waals surface area contributed by atoms with E-state index >= 15 is 0 Å². The lowest BCUT2D eigenvalue weighted by Gasteiger charge is -2.50. The molecule has 0 heterocycles. The highest BCUT2D eigenvalue weighted by atomic mass is 28.5. The van der Waals surface area contributed by atoms with Gasteiger partial charge in [-0.2, -0.15) is 0 Å². The Kier molecular flexibility index (Phi) is 19.6. The zero-order valence-corrected chi connectivity index (χ0v) is 59.8. The van der Waals surface area contributed by atoms with Gasteiger partial charge in [0.25, 0.3) is 0 Å². The summed E-state index contributed by atoms with van der Waals surface area (Å²) < 4.78 is 71.0. The Morgan fingerprint density at radius 3 is 0.494 bits per heavy atom. The number of hydrogen-bond donors (Lipinski definition) is 0. The second kappa shape index (κ2) is 25.4. The Morgan fingerprint density at radius 1 is 0.160 bits per heavy atom. The Balaban J connectivity index is 1.44. The fourth-order valence-electron chi connectivity index (χ4n) is 10.9. The van der Waals surface area contributed by atoms with Crippen LogP contribution in [0.25, 0.3) is 0 Å². The standard InChI is InChI=1S/C62H82O9Si10/c1-72(2,3)63-74(7,8)65-75(9,10)66-76(11,12)67-77(13,14)68-79(57-43-27-17-28-44-57,58-45-29-18-30-46-58)70-81(61-51-35-21-36-52-61,62-53-37-22-38-54-62)71-80(59-47-31-19-32-48-59,60-49-33-20-34-50-60)69-78(64-73(4,5)6,55-39-23-15-24-40-55)56-41-25-16-26-42-56/h15-54H,1-14H3. The van der Waals surface area contributed by atoms with Crippen LogP contribution < -0.4 is 41.5 Å². The summed E-state index contributed by atoms with van der Waals surface area (Å²) in [5.74, 6) is 0. The van der Waals surface area contributed by atoms with Gasteiger partial charge < -0.3 is 37.0 Å². The Morgan fingerprint density at radius 2 is 0.309 bits per heavy atom. The molecule has 19 heteroatoms. The molecule has 424 valence electrons. The van der Waals surface area contributed by atoms with Crippen LogP contribution in [0.3, 0.4) is 0 Å². The number of benzene rings is 8. The first kappa shape index (κ1) is 62.6. The molecule has 9 nitrogen and oxygen atoms in total. The lowest BCUT2D eigenvalue weighted by Crippen LogP contribution is -2.83. The van der Waals surface area contributed by atoms with E-state index in [-0.39, 0.29) is 0 Å². The van der Waals surface area contributed by atoms with E-state index in [9.17, 15) is 0 Å². The molecule has 0 saturated heterocycles.